The van der Waals surface area contributed by atoms with E-state index in [1.165, 1.54) is 5.56 Å². The second kappa shape index (κ2) is 8.63. The van der Waals surface area contributed by atoms with Crippen molar-refractivity contribution in [1.29, 1.82) is 0 Å². The van der Waals surface area contributed by atoms with Crippen molar-refractivity contribution in [2.24, 2.45) is 5.92 Å². The number of aryl methyl sites for hydroxylation is 1. The van der Waals surface area contributed by atoms with E-state index in [2.05, 4.69) is 6.07 Å². The summed E-state index contributed by atoms with van der Waals surface area (Å²) in [7, 11) is 1.63. The lowest BCUT2D eigenvalue weighted by atomic mass is 9.89. The number of benzene rings is 1. The molecule has 1 aromatic rings. The number of hydrogen-bond acceptors (Lipinski definition) is 3. The van der Waals surface area contributed by atoms with Gasteiger partial charge in [-0.05, 0) is 55.7 Å². The summed E-state index contributed by atoms with van der Waals surface area (Å²) in [6, 6.07) is 8.14. The number of carbonyl (C=O) groups is 1. The van der Waals surface area contributed by atoms with Gasteiger partial charge in [-0.15, -0.1) is 0 Å². The smallest absolute Gasteiger partial charge is 0.188 e. The summed E-state index contributed by atoms with van der Waals surface area (Å²) in [5.41, 5.74) is 1.23. The number of ketones is 1. The van der Waals surface area contributed by atoms with Crippen molar-refractivity contribution in [2.75, 3.05) is 13.9 Å². The van der Waals surface area contributed by atoms with Gasteiger partial charge in [-0.3, -0.25) is 4.79 Å². The van der Waals surface area contributed by atoms with Gasteiger partial charge in [0.2, 0.25) is 0 Å². The summed E-state index contributed by atoms with van der Waals surface area (Å²) >= 11 is 0. The fourth-order valence-corrected chi connectivity index (χ4v) is 2.75. The number of hydrogen-bond donors (Lipinski definition) is 0. The topological polar surface area (TPSA) is 35.5 Å². The molecule has 3 nitrogen and oxygen atoms in total. The maximum absolute atomic E-state index is 11.4. The second-order valence-electron chi connectivity index (χ2n) is 5.56. The summed E-state index contributed by atoms with van der Waals surface area (Å²) in [5.74, 6) is 1.84. The summed E-state index contributed by atoms with van der Waals surface area (Å²) in [5, 5.41) is 0. The van der Waals surface area contributed by atoms with E-state index >= 15 is 0 Å². The Kier molecular flexibility index (Phi) is 6.48. The Morgan fingerprint density at radius 3 is 3.00 bits per heavy atom. The van der Waals surface area contributed by atoms with Crippen molar-refractivity contribution in [3.05, 3.63) is 42.0 Å². The van der Waals surface area contributed by atoms with Crippen molar-refractivity contribution in [3.63, 3.8) is 0 Å². The van der Waals surface area contributed by atoms with Gasteiger partial charge in [-0.25, -0.2) is 0 Å². The molecule has 0 saturated heterocycles. The monoisotopic (exact) mass is 288 g/mol. The number of para-hydroxylation sites is 1. The molecule has 0 saturated carbocycles. The third kappa shape index (κ3) is 5.35. The maximum atomic E-state index is 11.4. The van der Waals surface area contributed by atoms with E-state index in [-0.39, 0.29) is 12.6 Å². The predicted molar refractivity (Wildman–Crippen MR) is 83.4 cm³/mol. The largest absolute Gasteiger partial charge is 0.467 e. The van der Waals surface area contributed by atoms with E-state index in [4.69, 9.17) is 9.47 Å². The van der Waals surface area contributed by atoms with Crippen molar-refractivity contribution in [2.45, 2.75) is 38.5 Å². The van der Waals surface area contributed by atoms with Crippen LogP contribution >= 0.6 is 0 Å². The molecule has 1 aromatic carbocycles. The number of rotatable bonds is 6. The third-order valence-corrected chi connectivity index (χ3v) is 3.94. The van der Waals surface area contributed by atoms with E-state index in [1.807, 2.05) is 24.3 Å². The normalized spacial score (nSPS) is 20.6. The SMILES string of the molecule is COCOc1ccccc1CCC1C/C=C\C(=O)CCC1. The Bertz CT molecular complexity index is 479. The maximum Gasteiger partial charge on any atom is 0.188 e. The highest BCUT2D eigenvalue weighted by Gasteiger charge is 2.12. The minimum absolute atomic E-state index is 0.270. The number of ether oxygens (including phenoxy) is 2. The lowest BCUT2D eigenvalue weighted by molar-refractivity contribution is -0.114. The van der Waals surface area contributed by atoms with E-state index in [1.54, 1.807) is 13.2 Å². The molecule has 1 unspecified atom stereocenters. The lowest BCUT2D eigenvalue weighted by Gasteiger charge is -2.17. The molecule has 0 N–H and O–H groups in total. The summed E-state index contributed by atoms with van der Waals surface area (Å²) in [6.45, 7) is 0.283. The van der Waals surface area contributed by atoms with Crippen LogP contribution in [0.1, 0.15) is 37.7 Å². The first-order valence-electron chi connectivity index (χ1n) is 7.68. The van der Waals surface area contributed by atoms with Gasteiger partial charge < -0.3 is 9.47 Å². The van der Waals surface area contributed by atoms with Gasteiger partial charge >= 0.3 is 0 Å². The van der Waals surface area contributed by atoms with Crippen LogP contribution in [0.25, 0.3) is 0 Å². The van der Waals surface area contributed by atoms with E-state index in [0.717, 1.165) is 37.9 Å². The number of allylic oxidation sites excluding steroid dienone is 2. The molecular formula is C18H24O3. The third-order valence-electron chi connectivity index (χ3n) is 3.94. The molecular weight excluding hydrogens is 264 g/mol. The Hall–Kier alpha value is -1.61. The average molecular weight is 288 g/mol. The quantitative estimate of drug-likeness (QED) is 0.744. The van der Waals surface area contributed by atoms with Gasteiger partial charge in [0.05, 0.1) is 0 Å². The fourth-order valence-electron chi connectivity index (χ4n) is 2.75. The molecule has 114 valence electrons. The minimum atomic E-state index is 0.270. The molecule has 0 bridgehead atoms. The Balaban J connectivity index is 1.90. The van der Waals surface area contributed by atoms with Crippen molar-refractivity contribution >= 4 is 5.78 Å². The van der Waals surface area contributed by atoms with E-state index < -0.39 is 0 Å². The molecule has 1 atom stereocenters. The molecule has 1 aliphatic carbocycles. The zero-order chi connectivity index (χ0) is 14.9. The van der Waals surface area contributed by atoms with Crippen molar-refractivity contribution in [3.8, 4) is 5.75 Å². The van der Waals surface area contributed by atoms with Crippen LogP contribution in [0.15, 0.2) is 36.4 Å². The van der Waals surface area contributed by atoms with Gasteiger partial charge in [-0.1, -0.05) is 24.3 Å². The molecule has 0 spiro atoms. The van der Waals surface area contributed by atoms with Crippen LogP contribution in [0, 0.1) is 5.92 Å². The van der Waals surface area contributed by atoms with Gasteiger partial charge in [0, 0.05) is 13.5 Å². The van der Waals surface area contributed by atoms with Crippen LogP contribution in [0.5, 0.6) is 5.75 Å². The van der Waals surface area contributed by atoms with Crippen LogP contribution in [0.4, 0.5) is 0 Å². The standard InChI is InChI=1S/C18H24O3/c1-20-14-21-18-11-3-2-8-16(18)13-12-15-6-4-9-17(19)10-5-7-15/h2-4,8-9,11,15H,5-7,10,12-14H2,1H3/b9-4-. The fraction of sp³-hybridized carbons (Fsp3) is 0.500. The average Bonchev–Trinajstić information content (AvgIpc) is 2.48. The van der Waals surface area contributed by atoms with Gasteiger partial charge in [-0.2, -0.15) is 0 Å². The van der Waals surface area contributed by atoms with Crippen LogP contribution < -0.4 is 4.74 Å². The molecule has 0 fully saturated rings. The summed E-state index contributed by atoms with van der Waals surface area (Å²) in [6.07, 6.45) is 9.78. The second-order valence-corrected chi connectivity index (χ2v) is 5.56. The minimum Gasteiger partial charge on any atom is -0.467 e. The molecule has 2 rings (SSSR count). The zero-order valence-corrected chi connectivity index (χ0v) is 12.7. The molecule has 21 heavy (non-hydrogen) atoms. The van der Waals surface area contributed by atoms with Gasteiger partial charge in [0.25, 0.3) is 0 Å². The van der Waals surface area contributed by atoms with Crippen LogP contribution in [0.2, 0.25) is 0 Å². The first-order chi connectivity index (χ1) is 10.3. The van der Waals surface area contributed by atoms with Crippen LogP contribution in [0.3, 0.4) is 0 Å². The van der Waals surface area contributed by atoms with E-state index in [0.29, 0.717) is 12.3 Å². The molecule has 3 heteroatoms. The lowest BCUT2D eigenvalue weighted by Crippen LogP contribution is -2.07. The van der Waals surface area contributed by atoms with Crippen molar-refractivity contribution in [1.82, 2.24) is 0 Å². The zero-order valence-electron chi connectivity index (χ0n) is 12.7. The Labute approximate surface area is 127 Å². The highest BCUT2D eigenvalue weighted by molar-refractivity contribution is 5.89. The highest BCUT2D eigenvalue weighted by atomic mass is 16.7. The van der Waals surface area contributed by atoms with Gasteiger partial charge in [0.1, 0.15) is 5.75 Å². The Morgan fingerprint density at radius 2 is 2.14 bits per heavy atom. The molecule has 0 aliphatic heterocycles. The summed E-state index contributed by atoms with van der Waals surface area (Å²) in [4.78, 5) is 11.4. The highest BCUT2D eigenvalue weighted by Crippen LogP contribution is 2.25. The first-order valence-corrected chi connectivity index (χ1v) is 7.68. The van der Waals surface area contributed by atoms with Crippen LogP contribution in [-0.2, 0) is 16.0 Å². The predicted octanol–water partition coefficient (Wildman–Crippen LogP) is 3.92. The molecule has 0 radical (unpaired) electrons. The van der Waals surface area contributed by atoms with Gasteiger partial charge in [0.15, 0.2) is 12.6 Å². The first kappa shape index (κ1) is 15.8. The summed E-state index contributed by atoms with van der Waals surface area (Å²) < 4.78 is 10.6. The van der Waals surface area contributed by atoms with Crippen molar-refractivity contribution < 1.29 is 14.3 Å². The van der Waals surface area contributed by atoms with E-state index in [9.17, 15) is 4.79 Å². The molecule has 0 heterocycles. The van der Waals surface area contributed by atoms with Crippen LogP contribution in [-0.4, -0.2) is 19.7 Å². The Morgan fingerprint density at radius 1 is 1.29 bits per heavy atom. The molecule has 0 amide bonds. The molecule has 1 aliphatic rings. The molecule has 0 aromatic heterocycles. The number of methoxy groups -OCH3 is 1. The number of carbonyl (C=O) groups excluding carboxylic acids is 1.